The van der Waals surface area contributed by atoms with E-state index >= 15 is 0 Å². The maximum Gasteiger partial charge on any atom is 0.312 e. The highest BCUT2D eigenvalue weighted by atomic mass is 32.1. The minimum absolute atomic E-state index is 0.0469. The molecule has 1 aromatic rings. The predicted molar refractivity (Wildman–Crippen MR) is 93.7 cm³/mol. The number of hydrogen-bond donors (Lipinski definition) is 1. The topological polar surface area (TPSA) is 58.6 Å². The number of amides is 2. The monoisotopic (exact) mass is 350 g/mol. The normalized spacial score (nSPS) is 21.5. The second-order valence-corrected chi connectivity index (χ2v) is 7.99. The molecule has 5 nitrogen and oxygen atoms in total. The molecule has 2 heterocycles. The van der Waals surface area contributed by atoms with Gasteiger partial charge in [-0.3, -0.25) is 9.59 Å². The van der Waals surface area contributed by atoms with Gasteiger partial charge in [-0.25, -0.2) is 0 Å². The largest absolute Gasteiger partial charge is 0.376 e. The molecule has 1 aliphatic heterocycles. The standard InChI is InChI=1S/C18H26N2O3S/c1-13(10-14-6-7-14)19-17(21)18(22)20(11-15-4-2-8-23-15)12-16-5-3-9-24-16/h3,5,9,13-15H,2,4,6-8,10-12H2,1H3,(H,19,21)/t13-,15?/m1/s1. The van der Waals surface area contributed by atoms with Crippen LogP contribution in [0.2, 0.25) is 0 Å². The first-order valence-corrected chi connectivity index (χ1v) is 9.73. The van der Waals surface area contributed by atoms with Gasteiger partial charge in [-0.15, -0.1) is 11.3 Å². The van der Waals surface area contributed by atoms with Gasteiger partial charge in [0.15, 0.2) is 0 Å². The van der Waals surface area contributed by atoms with E-state index in [0.717, 1.165) is 36.7 Å². The Hall–Kier alpha value is -1.40. The van der Waals surface area contributed by atoms with Crippen molar-refractivity contribution in [3.05, 3.63) is 22.4 Å². The molecule has 2 amide bonds. The fourth-order valence-corrected chi connectivity index (χ4v) is 3.91. The molecule has 2 atom stereocenters. The number of hydrogen-bond acceptors (Lipinski definition) is 4. The second-order valence-electron chi connectivity index (χ2n) is 6.95. The van der Waals surface area contributed by atoms with Gasteiger partial charge in [-0.1, -0.05) is 18.9 Å². The third kappa shape index (κ3) is 5.05. The molecule has 0 spiro atoms. The van der Waals surface area contributed by atoms with Gasteiger partial charge in [-0.05, 0) is 43.6 Å². The average Bonchev–Trinajstić information content (AvgIpc) is 3.03. The summed E-state index contributed by atoms with van der Waals surface area (Å²) in [7, 11) is 0. The van der Waals surface area contributed by atoms with Gasteiger partial charge >= 0.3 is 11.8 Å². The smallest absolute Gasteiger partial charge is 0.312 e. The number of nitrogens with one attached hydrogen (secondary N) is 1. The number of ether oxygens (including phenoxy) is 1. The Balaban J connectivity index is 1.58. The first-order chi connectivity index (χ1) is 11.6. The minimum atomic E-state index is -0.488. The molecule has 0 aromatic carbocycles. The molecule has 1 unspecified atom stereocenters. The molecular weight excluding hydrogens is 324 g/mol. The molecule has 0 bridgehead atoms. The van der Waals surface area contributed by atoms with Gasteiger partial charge in [0.1, 0.15) is 0 Å². The van der Waals surface area contributed by atoms with Crippen LogP contribution in [0.3, 0.4) is 0 Å². The van der Waals surface area contributed by atoms with Crippen molar-refractivity contribution < 1.29 is 14.3 Å². The highest BCUT2D eigenvalue weighted by Gasteiger charge is 2.29. The van der Waals surface area contributed by atoms with Crippen molar-refractivity contribution >= 4 is 23.2 Å². The lowest BCUT2D eigenvalue weighted by Gasteiger charge is -2.25. The van der Waals surface area contributed by atoms with Crippen LogP contribution in [-0.4, -0.2) is 42.0 Å². The molecule has 24 heavy (non-hydrogen) atoms. The Morgan fingerprint density at radius 3 is 2.88 bits per heavy atom. The van der Waals surface area contributed by atoms with E-state index in [0.29, 0.717) is 13.1 Å². The van der Waals surface area contributed by atoms with E-state index in [2.05, 4.69) is 5.32 Å². The molecule has 132 valence electrons. The van der Waals surface area contributed by atoms with Crippen molar-refractivity contribution in [3.8, 4) is 0 Å². The Labute approximate surface area is 147 Å². The molecule has 1 aliphatic carbocycles. The van der Waals surface area contributed by atoms with E-state index in [1.165, 1.54) is 12.8 Å². The van der Waals surface area contributed by atoms with E-state index in [1.54, 1.807) is 16.2 Å². The number of carbonyl (C=O) groups excluding carboxylic acids is 2. The molecule has 3 rings (SSSR count). The Morgan fingerprint density at radius 2 is 2.25 bits per heavy atom. The fourth-order valence-electron chi connectivity index (χ4n) is 3.19. The second kappa shape index (κ2) is 8.12. The number of carbonyl (C=O) groups is 2. The lowest BCUT2D eigenvalue weighted by molar-refractivity contribution is -0.147. The molecule has 2 fully saturated rings. The van der Waals surface area contributed by atoms with Crippen molar-refractivity contribution in [2.45, 2.75) is 57.7 Å². The van der Waals surface area contributed by atoms with Crippen LogP contribution in [-0.2, 0) is 20.9 Å². The van der Waals surface area contributed by atoms with E-state index < -0.39 is 11.8 Å². The average molecular weight is 350 g/mol. The lowest BCUT2D eigenvalue weighted by atomic mass is 10.1. The maximum absolute atomic E-state index is 12.7. The quantitative estimate of drug-likeness (QED) is 0.769. The van der Waals surface area contributed by atoms with Gasteiger partial charge in [0.05, 0.1) is 12.6 Å². The summed E-state index contributed by atoms with van der Waals surface area (Å²) in [4.78, 5) is 27.7. The highest BCUT2D eigenvalue weighted by molar-refractivity contribution is 7.09. The van der Waals surface area contributed by atoms with Crippen molar-refractivity contribution in [3.63, 3.8) is 0 Å². The molecule has 6 heteroatoms. The molecule has 1 aromatic heterocycles. The number of thiophene rings is 1. The van der Waals surface area contributed by atoms with Crippen LogP contribution in [0.15, 0.2) is 17.5 Å². The number of rotatable bonds is 7. The summed E-state index contributed by atoms with van der Waals surface area (Å²) in [6.45, 7) is 3.69. The van der Waals surface area contributed by atoms with Crippen LogP contribution >= 0.6 is 11.3 Å². The first kappa shape index (κ1) is 17.4. The third-order valence-electron chi connectivity index (χ3n) is 4.62. The summed E-state index contributed by atoms with van der Waals surface area (Å²) < 4.78 is 5.65. The van der Waals surface area contributed by atoms with Gasteiger partial charge in [0.2, 0.25) is 0 Å². The Kier molecular flexibility index (Phi) is 5.89. The van der Waals surface area contributed by atoms with E-state index in [9.17, 15) is 9.59 Å². The summed E-state index contributed by atoms with van der Waals surface area (Å²) >= 11 is 1.60. The molecule has 1 saturated heterocycles. The van der Waals surface area contributed by atoms with Crippen LogP contribution in [0.25, 0.3) is 0 Å². The van der Waals surface area contributed by atoms with Crippen LogP contribution in [0.4, 0.5) is 0 Å². The van der Waals surface area contributed by atoms with Gasteiger partial charge in [-0.2, -0.15) is 0 Å². The molecule has 0 radical (unpaired) electrons. The van der Waals surface area contributed by atoms with Gasteiger partial charge in [0.25, 0.3) is 0 Å². The minimum Gasteiger partial charge on any atom is -0.376 e. The Bertz CT molecular complexity index is 551. The molecule has 1 saturated carbocycles. The van der Waals surface area contributed by atoms with Crippen molar-refractivity contribution in [1.29, 1.82) is 0 Å². The summed E-state index contributed by atoms with van der Waals surface area (Å²) in [5, 5.41) is 4.86. The Morgan fingerprint density at radius 1 is 1.42 bits per heavy atom. The number of nitrogens with zero attached hydrogens (tertiary/aromatic N) is 1. The summed E-state index contributed by atoms with van der Waals surface area (Å²) in [5.41, 5.74) is 0. The van der Waals surface area contributed by atoms with E-state index in [4.69, 9.17) is 4.74 Å². The SMILES string of the molecule is C[C@H](CC1CC1)NC(=O)C(=O)N(Cc1cccs1)CC1CCCO1. The molecular formula is C18H26N2O3S. The van der Waals surface area contributed by atoms with E-state index in [-0.39, 0.29) is 12.1 Å². The van der Waals surface area contributed by atoms with Crippen molar-refractivity contribution in [2.75, 3.05) is 13.2 Å². The zero-order valence-corrected chi connectivity index (χ0v) is 15.0. The summed E-state index contributed by atoms with van der Waals surface area (Å²) in [5.74, 6) is -0.205. The summed E-state index contributed by atoms with van der Waals surface area (Å²) in [6.07, 6.45) is 5.49. The van der Waals surface area contributed by atoms with Crippen LogP contribution in [0.1, 0.15) is 43.9 Å². The third-order valence-corrected chi connectivity index (χ3v) is 5.48. The van der Waals surface area contributed by atoms with Crippen LogP contribution in [0, 0.1) is 5.92 Å². The summed E-state index contributed by atoms with van der Waals surface area (Å²) in [6, 6.07) is 4.01. The lowest BCUT2D eigenvalue weighted by Crippen LogP contribution is -2.47. The zero-order valence-electron chi connectivity index (χ0n) is 14.2. The van der Waals surface area contributed by atoms with E-state index in [1.807, 2.05) is 24.4 Å². The van der Waals surface area contributed by atoms with Crippen molar-refractivity contribution in [1.82, 2.24) is 10.2 Å². The van der Waals surface area contributed by atoms with Crippen LogP contribution in [0.5, 0.6) is 0 Å². The van der Waals surface area contributed by atoms with Crippen LogP contribution < -0.4 is 5.32 Å². The fraction of sp³-hybridized carbons (Fsp3) is 0.667. The first-order valence-electron chi connectivity index (χ1n) is 8.85. The van der Waals surface area contributed by atoms with Crippen molar-refractivity contribution in [2.24, 2.45) is 5.92 Å². The van der Waals surface area contributed by atoms with Gasteiger partial charge < -0.3 is 15.0 Å². The highest BCUT2D eigenvalue weighted by Crippen LogP contribution is 2.33. The zero-order chi connectivity index (χ0) is 16.9. The van der Waals surface area contributed by atoms with Gasteiger partial charge in [0, 0.05) is 24.1 Å². The molecule has 2 aliphatic rings. The predicted octanol–water partition coefficient (Wildman–Crippen LogP) is 2.56. The maximum atomic E-state index is 12.7. The molecule has 1 N–H and O–H groups in total.